The van der Waals surface area contributed by atoms with Crippen molar-refractivity contribution in [3.05, 3.63) is 28.5 Å². The van der Waals surface area contributed by atoms with Crippen molar-refractivity contribution in [2.75, 3.05) is 19.0 Å². The number of methoxy groups -OCH3 is 1. The van der Waals surface area contributed by atoms with E-state index >= 15 is 0 Å². The summed E-state index contributed by atoms with van der Waals surface area (Å²) in [7, 11) is 1.71. The molecular weight excluding hydrogens is 248 g/mol. The number of aromatic nitrogens is 3. The molecule has 0 fully saturated rings. The number of rotatable bonds is 6. The first-order chi connectivity index (χ1) is 8.70. The highest BCUT2D eigenvalue weighted by Gasteiger charge is 2.11. The molecule has 6 heteroatoms. The molecule has 2 aromatic heterocycles. The first-order valence-electron chi connectivity index (χ1n) is 5.86. The van der Waals surface area contributed by atoms with Gasteiger partial charge in [0.15, 0.2) is 0 Å². The predicted molar refractivity (Wildman–Crippen MR) is 73.0 cm³/mol. The van der Waals surface area contributed by atoms with E-state index in [1.54, 1.807) is 18.4 Å². The zero-order valence-corrected chi connectivity index (χ0v) is 11.7. The molecule has 0 aromatic carbocycles. The number of thiazole rings is 1. The molecule has 98 valence electrons. The first kappa shape index (κ1) is 13.0. The Morgan fingerprint density at radius 1 is 1.56 bits per heavy atom. The Kier molecular flexibility index (Phi) is 4.33. The van der Waals surface area contributed by atoms with Crippen LogP contribution in [0, 0.1) is 6.92 Å². The SMILES string of the molecule is COCC(C)n1cc(C)nc1NCc1cscn1. The van der Waals surface area contributed by atoms with Crippen molar-refractivity contribution in [1.29, 1.82) is 0 Å². The number of aryl methyl sites for hydroxylation is 1. The maximum absolute atomic E-state index is 5.19. The van der Waals surface area contributed by atoms with Crippen LogP contribution in [0.1, 0.15) is 24.4 Å². The van der Waals surface area contributed by atoms with Gasteiger partial charge in [0.25, 0.3) is 0 Å². The van der Waals surface area contributed by atoms with Crippen LogP contribution < -0.4 is 5.32 Å². The number of imidazole rings is 1. The quantitative estimate of drug-likeness (QED) is 0.872. The summed E-state index contributed by atoms with van der Waals surface area (Å²) >= 11 is 1.60. The summed E-state index contributed by atoms with van der Waals surface area (Å²) in [5.41, 5.74) is 3.87. The lowest BCUT2D eigenvalue weighted by atomic mass is 10.3. The van der Waals surface area contributed by atoms with E-state index in [4.69, 9.17) is 4.74 Å². The Morgan fingerprint density at radius 2 is 2.39 bits per heavy atom. The molecule has 0 amide bonds. The molecule has 1 unspecified atom stereocenters. The monoisotopic (exact) mass is 266 g/mol. The summed E-state index contributed by atoms with van der Waals surface area (Å²) in [4.78, 5) is 8.73. The van der Waals surface area contributed by atoms with Crippen molar-refractivity contribution in [2.24, 2.45) is 0 Å². The number of anilines is 1. The average Bonchev–Trinajstić information content (AvgIpc) is 2.95. The van der Waals surface area contributed by atoms with E-state index in [0.29, 0.717) is 13.2 Å². The van der Waals surface area contributed by atoms with E-state index in [0.717, 1.165) is 17.3 Å². The lowest BCUT2D eigenvalue weighted by molar-refractivity contribution is 0.163. The molecule has 2 heterocycles. The van der Waals surface area contributed by atoms with Gasteiger partial charge in [-0.2, -0.15) is 0 Å². The fraction of sp³-hybridized carbons (Fsp3) is 0.500. The van der Waals surface area contributed by atoms with Crippen LogP contribution >= 0.6 is 11.3 Å². The van der Waals surface area contributed by atoms with Gasteiger partial charge in [-0.25, -0.2) is 9.97 Å². The number of hydrogen-bond donors (Lipinski definition) is 1. The van der Waals surface area contributed by atoms with E-state index < -0.39 is 0 Å². The topological polar surface area (TPSA) is 52.0 Å². The number of hydrogen-bond acceptors (Lipinski definition) is 5. The second kappa shape index (κ2) is 5.97. The van der Waals surface area contributed by atoms with Crippen LogP contribution in [0.15, 0.2) is 17.1 Å². The lowest BCUT2D eigenvalue weighted by Crippen LogP contribution is -2.14. The summed E-state index contributed by atoms with van der Waals surface area (Å²) in [6.45, 7) is 5.46. The second-order valence-electron chi connectivity index (χ2n) is 4.25. The molecule has 0 bridgehead atoms. The van der Waals surface area contributed by atoms with Crippen LogP contribution in [0.4, 0.5) is 5.95 Å². The molecule has 18 heavy (non-hydrogen) atoms. The van der Waals surface area contributed by atoms with Crippen molar-refractivity contribution in [3.63, 3.8) is 0 Å². The molecule has 0 aliphatic carbocycles. The highest BCUT2D eigenvalue weighted by Crippen LogP contribution is 2.17. The van der Waals surface area contributed by atoms with Crippen molar-refractivity contribution in [1.82, 2.24) is 14.5 Å². The van der Waals surface area contributed by atoms with Crippen LogP contribution in [0.25, 0.3) is 0 Å². The predicted octanol–water partition coefficient (Wildman–Crippen LogP) is 2.47. The molecule has 0 saturated heterocycles. The first-order valence-corrected chi connectivity index (χ1v) is 6.80. The normalized spacial score (nSPS) is 12.6. The summed E-state index contributed by atoms with van der Waals surface area (Å²) in [5.74, 6) is 0.866. The van der Waals surface area contributed by atoms with E-state index in [-0.39, 0.29) is 6.04 Å². The Bertz CT molecular complexity index is 480. The minimum atomic E-state index is 0.258. The fourth-order valence-electron chi connectivity index (χ4n) is 1.80. The molecular formula is C12H18N4OS. The highest BCUT2D eigenvalue weighted by atomic mass is 32.1. The minimum Gasteiger partial charge on any atom is -0.383 e. The van der Waals surface area contributed by atoms with Crippen molar-refractivity contribution >= 4 is 17.3 Å². The number of ether oxygens (including phenoxy) is 1. The molecule has 0 aliphatic heterocycles. The van der Waals surface area contributed by atoms with Gasteiger partial charge in [-0.15, -0.1) is 11.3 Å². The van der Waals surface area contributed by atoms with Gasteiger partial charge >= 0.3 is 0 Å². The van der Waals surface area contributed by atoms with E-state index in [9.17, 15) is 0 Å². The van der Waals surface area contributed by atoms with E-state index in [1.807, 2.05) is 24.0 Å². The second-order valence-corrected chi connectivity index (χ2v) is 4.97. The molecule has 0 aliphatic rings. The van der Waals surface area contributed by atoms with Gasteiger partial charge in [0.2, 0.25) is 5.95 Å². The van der Waals surface area contributed by atoms with E-state index in [2.05, 4.69) is 26.8 Å². The molecule has 0 radical (unpaired) electrons. The molecule has 2 aromatic rings. The third kappa shape index (κ3) is 3.08. The highest BCUT2D eigenvalue weighted by molar-refractivity contribution is 7.07. The third-order valence-corrected chi connectivity index (χ3v) is 3.28. The summed E-state index contributed by atoms with van der Waals surface area (Å²) in [5, 5.41) is 5.35. The maximum Gasteiger partial charge on any atom is 0.203 e. The van der Waals surface area contributed by atoms with Crippen molar-refractivity contribution in [3.8, 4) is 0 Å². The van der Waals surface area contributed by atoms with Crippen LogP contribution in [0.2, 0.25) is 0 Å². The zero-order chi connectivity index (χ0) is 13.0. The van der Waals surface area contributed by atoms with Gasteiger partial charge in [-0.3, -0.25) is 0 Å². The van der Waals surface area contributed by atoms with Crippen molar-refractivity contribution in [2.45, 2.75) is 26.4 Å². The van der Waals surface area contributed by atoms with Gasteiger partial charge in [-0.05, 0) is 13.8 Å². The number of nitrogens with one attached hydrogen (secondary N) is 1. The Labute approximate surface area is 111 Å². The standard InChI is InChI=1S/C12H18N4OS/c1-9-5-16(10(2)6-17-3)12(15-9)13-4-11-7-18-8-14-11/h5,7-8,10H,4,6H2,1-3H3,(H,13,15). The van der Waals surface area contributed by atoms with Crippen LogP contribution in [0.3, 0.4) is 0 Å². The fourth-order valence-corrected chi connectivity index (χ4v) is 2.36. The number of nitrogens with zero attached hydrogens (tertiary/aromatic N) is 3. The van der Waals surface area contributed by atoms with Gasteiger partial charge in [-0.1, -0.05) is 0 Å². The van der Waals surface area contributed by atoms with Crippen LogP contribution in [-0.4, -0.2) is 28.3 Å². The largest absolute Gasteiger partial charge is 0.383 e. The Morgan fingerprint density at radius 3 is 3.06 bits per heavy atom. The summed E-state index contributed by atoms with van der Waals surface area (Å²) < 4.78 is 7.29. The Balaban J connectivity index is 2.07. The Hall–Kier alpha value is -1.40. The van der Waals surface area contributed by atoms with E-state index in [1.165, 1.54) is 0 Å². The minimum absolute atomic E-state index is 0.258. The third-order valence-electron chi connectivity index (χ3n) is 2.65. The average molecular weight is 266 g/mol. The molecule has 1 N–H and O–H groups in total. The smallest absolute Gasteiger partial charge is 0.203 e. The maximum atomic E-state index is 5.19. The molecule has 2 rings (SSSR count). The molecule has 5 nitrogen and oxygen atoms in total. The van der Waals surface area contributed by atoms with Crippen LogP contribution in [-0.2, 0) is 11.3 Å². The molecule has 1 atom stereocenters. The lowest BCUT2D eigenvalue weighted by Gasteiger charge is -2.15. The van der Waals surface area contributed by atoms with Gasteiger partial charge in [0.1, 0.15) is 0 Å². The zero-order valence-electron chi connectivity index (χ0n) is 10.9. The van der Waals surface area contributed by atoms with Gasteiger partial charge in [0, 0.05) is 18.7 Å². The molecule has 0 spiro atoms. The van der Waals surface area contributed by atoms with Gasteiger partial charge in [0.05, 0.1) is 36.1 Å². The summed E-state index contributed by atoms with van der Waals surface area (Å²) in [6.07, 6.45) is 2.03. The van der Waals surface area contributed by atoms with Gasteiger partial charge < -0.3 is 14.6 Å². The van der Waals surface area contributed by atoms with Crippen LogP contribution in [0.5, 0.6) is 0 Å². The van der Waals surface area contributed by atoms with Crippen molar-refractivity contribution < 1.29 is 4.74 Å². The molecule has 0 saturated carbocycles. The summed E-state index contributed by atoms with van der Waals surface area (Å²) in [6, 6.07) is 0.258.